The highest BCUT2D eigenvalue weighted by molar-refractivity contribution is 6.12. The molecule has 0 aliphatic carbocycles. The van der Waals surface area contributed by atoms with E-state index >= 15 is 14.4 Å². The Morgan fingerprint density at radius 1 is 0.859 bits per heavy atom. The Hall–Kier alpha value is -7.10. The number of nitrogens with zero attached hydrogens (tertiary/aromatic N) is 3. The predicted octanol–water partition coefficient (Wildman–Crippen LogP) is 6.57. The lowest BCUT2D eigenvalue weighted by molar-refractivity contribution is -0.178. The number of aromatic nitrogens is 1. The van der Waals surface area contributed by atoms with Crippen LogP contribution in [0.15, 0.2) is 158 Å². The van der Waals surface area contributed by atoms with Crippen LogP contribution in [-0.4, -0.2) is 77.1 Å². The van der Waals surface area contributed by atoms with E-state index in [1.165, 1.54) is 5.56 Å². The number of cyclic esters (lactones) is 1. The summed E-state index contributed by atoms with van der Waals surface area (Å²) < 4.78 is 12.5. The zero-order chi connectivity index (χ0) is 44.0. The molecule has 4 heterocycles. The van der Waals surface area contributed by atoms with Gasteiger partial charge in [-0.1, -0.05) is 121 Å². The molecule has 11 heteroatoms. The maximum atomic E-state index is 15.6. The third-order valence-corrected chi connectivity index (χ3v) is 12.4. The maximum Gasteiger partial charge on any atom is 0.324 e. The molecule has 0 saturated carbocycles. The predicted molar refractivity (Wildman–Crippen MR) is 243 cm³/mol. The van der Waals surface area contributed by atoms with E-state index in [0.717, 1.165) is 23.4 Å². The van der Waals surface area contributed by atoms with Crippen LogP contribution in [0, 0.1) is 17.8 Å². The van der Waals surface area contributed by atoms with E-state index in [1.807, 2.05) is 141 Å². The molecule has 0 unspecified atom stereocenters. The number of benzene rings is 5. The fraction of sp³-hybridized carbons (Fsp3) is 0.245. The zero-order valence-corrected chi connectivity index (χ0v) is 35.5. The number of rotatable bonds is 13. The van der Waals surface area contributed by atoms with E-state index in [0.29, 0.717) is 41.1 Å². The number of carbonyl (C=O) groups is 3. The standard InChI is InChI=1S/C53H49N5O6/c1-57(35-37-15-5-2-6-16-37)30-14-17-36-25-26-44-43(33-36)53(52(62)56-44)45(50(60)55-29-27-41-23-11-12-28-54-41)47-51(61)64-48(39-20-9-4-10-21-39)46(38-18-7-3-8-19-38)58(47)49(53)40-22-13-24-42(34-40)63-32-31-59/h2-13,15-16,18-26,28,33-34,45-49,59H,27,29-32,35H2,1H3,(H,55,60)(H,56,62)/t45-,46-,47-,48+,49+,53-/m1/s1. The summed E-state index contributed by atoms with van der Waals surface area (Å²) in [6.45, 7) is 1.27. The Labute approximate surface area is 373 Å². The first-order chi connectivity index (χ1) is 31.4. The molecule has 6 atom stereocenters. The Kier molecular flexibility index (Phi) is 12.3. The number of anilines is 1. The van der Waals surface area contributed by atoms with Crippen LogP contribution >= 0.6 is 0 Å². The Morgan fingerprint density at radius 2 is 1.58 bits per heavy atom. The molecule has 3 N–H and O–H groups in total. The number of amides is 2. The van der Waals surface area contributed by atoms with Crippen molar-refractivity contribution < 1.29 is 29.0 Å². The van der Waals surface area contributed by atoms with Gasteiger partial charge in [-0.15, -0.1) is 0 Å². The molecule has 3 aliphatic rings. The van der Waals surface area contributed by atoms with Gasteiger partial charge < -0.3 is 25.2 Å². The first-order valence-electron chi connectivity index (χ1n) is 21.6. The van der Waals surface area contributed by atoms with E-state index in [-0.39, 0.29) is 19.8 Å². The first kappa shape index (κ1) is 42.2. The average Bonchev–Trinajstić information content (AvgIpc) is 3.80. The molecule has 1 spiro atoms. The monoisotopic (exact) mass is 851 g/mol. The van der Waals surface area contributed by atoms with E-state index in [9.17, 15) is 5.11 Å². The number of aliphatic hydroxyl groups excluding tert-OH is 1. The Bertz CT molecular complexity index is 2670. The molecule has 322 valence electrons. The van der Waals surface area contributed by atoms with Gasteiger partial charge in [0.15, 0.2) is 0 Å². The molecule has 2 fully saturated rings. The fourth-order valence-electron chi connectivity index (χ4n) is 9.81. The molecule has 64 heavy (non-hydrogen) atoms. The number of hydrogen-bond acceptors (Lipinski definition) is 9. The third kappa shape index (κ3) is 8.15. The summed E-state index contributed by atoms with van der Waals surface area (Å²) in [5.41, 5.74) is 4.28. The summed E-state index contributed by atoms with van der Waals surface area (Å²) in [4.78, 5) is 54.7. The van der Waals surface area contributed by atoms with Crippen LogP contribution in [0.4, 0.5) is 5.69 Å². The van der Waals surface area contributed by atoms with Crippen LogP contribution in [0.1, 0.15) is 57.3 Å². The smallest absolute Gasteiger partial charge is 0.324 e. The van der Waals surface area contributed by atoms with Crippen molar-refractivity contribution in [1.82, 2.24) is 20.1 Å². The Balaban J connectivity index is 1.23. The highest BCUT2D eigenvalue weighted by Crippen LogP contribution is 2.65. The van der Waals surface area contributed by atoms with Gasteiger partial charge in [-0.05, 0) is 77.3 Å². The molecule has 11 nitrogen and oxygen atoms in total. The molecular weight excluding hydrogens is 803 g/mol. The number of fused-ring (bicyclic) bond motifs is 3. The molecule has 9 rings (SSSR count). The van der Waals surface area contributed by atoms with Gasteiger partial charge in [0.05, 0.1) is 31.2 Å². The second-order valence-corrected chi connectivity index (χ2v) is 16.4. The summed E-state index contributed by atoms with van der Waals surface area (Å²) in [6.07, 6.45) is 1.33. The fourth-order valence-corrected chi connectivity index (χ4v) is 9.81. The van der Waals surface area contributed by atoms with Crippen molar-refractivity contribution in [2.45, 2.75) is 42.6 Å². The lowest BCUT2D eigenvalue weighted by atomic mass is 9.65. The van der Waals surface area contributed by atoms with Crippen molar-refractivity contribution in [2.75, 3.05) is 38.7 Å². The highest BCUT2D eigenvalue weighted by atomic mass is 16.6. The minimum Gasteiger partial charge on any atom is -0.491 e. The number of hydrogen-bond donors (Lipinski definition) is 3. The van der Waals surface area contributed by atoms with Crippen LogP contribution in [-0.2, 0) is 37.5 Å². The maximum absolute atomic E-state index is 15.6. The third-order valence-electron chi connectivity index (χ3n) is 12.4. The lowest BCUT2D eigenvalue weighted by Gasteiger charge is -2.46. The first-order valence-corrected chi connectivity index (χ1v) is 21.6. The SMILES string of the molecule is CN(CC#Cc1ccc2c(c1)[C@]1(C(=O)N2)[C@H](c2cccc(OCCO)c2)N2[C@H](c3ccccc3)[C@H](c3ccccc3)OC(=O)[C@H]2[C@@H]1C(=O)NCCc1ccccn1)Cc1ccccc1. The minimum absolute atomic E-state index is 0.0494. The Morgan fingerprint density at radius 3 is 2.31 bits per heavy atom. The van der Waals surface area contributed by atoms with E-state index < -0.39 is 53.3 Å². The van der Waals surface area contributed by atoms with Gasteiger partial charge in [0.25, 0.3) is 0 Å². The van der Waals surface area contributed by atoms with Gasteiger partial charge in [-0.2, -0.15) is 0 Å². The number of ether oxygens (including phenoxy) is 2. The van der Waals surface area contributed by atoms with Gasteiger partial charge in [0, 0.05) is 42.7 Å². The summed E-state index contributed by atoms with van der Waals surface area (Å²) in [5, 5.41) is 16.0. The number of nitrogens with one attached hydrogen (secondary N) is 2. The van der Waals surface area contributed by atoms with Crippen LogP contribution in [0.2, 0.25) is 0 Å². The normalized spacial score (nSPS) is 22.2. The molecule has 3 aliphatic heterocycles. The zero-order valence-electron chi connectivity index (χ0n) is 35.5. The molecule has 0 radical (unpaired) electrons. The van der Waals surface area contributed by atoms with Crippen molar-refractivity contribution in [1.29, 1.82) is 0 Å². The number of pyridine rings is 1. The largest absolute Gasteiger partial charge is 0.491 e. The summed E-state index contributed by atoms with van der Waals surface area (Å²) in [5.74, 6) is 4.36. The summed E-state index contributed by atoms with van der Waals surface area (Å²) >= 11 is 0. The molecule has 2 amide bonds. The van der Waals surface area contributed by atoms with Gasteiger partial charge in [-0.3, -0.25) is 29.2 Å². The molecule has 2 saturated heterocycles. The molecule has 0 bridgehead atoms. The molecule has 1 aromatic heterocycles. The van der Waals surface area contributed by atoms with Crippen molar-refractivity contribution in [3.05, 3.63) is 197 Å². The van der Waals surface area contributed by atoms with Crippen LogP contribution in [0.3, 0.4) is 0 Å². The average molecular weight is 852 g/mol. The van der Waals surface area contributed by atoms with Crippen molar-refractivity contribution in [2.24, 2.45) is 5.92 Å². The van der Waals surface area contributed by atoms with Gasteiger partial charge in [0.1, 0.15) is 29.9 Å². The second-order valence-electron chi connectivity index (χ2n) is 16.4. The van der Waals surface area contributed by atoms with Crippen LogP contribution in [0.5, 0.6) is 5.75 Å². The highest BCUT2D eigenvalue weighted by Gasteiger charge is 2.74. The van der Waals surface area contributed by atoms with Gasteiger partial charge in [0.2, 0.25) is 11.8 Å². The van der Waals surface area contributed by atoms with E-state index in [4.69, 9.17) is 9.47 Å². The molecule has 6 aromatic rings. The molecular formula is C53H49N5O6. The topological polar surface area (TPSA) is 133 Å². The van der Waals surface area contributed by atoms with Gasteiger partial charge >= 0.3 is 5.97 Å². The summed E-state index contributed by atoms with van der Waals surface area (Å²) in [7, 11) is 2.02. The van der Waals surface area contributed by atoms with E-state index in [1.54, 1.807) is 12.3 Å². The lowest BCUT2D eigenvalue weighted by Crippen LogP contribution is -2.55. The number of aliphatic hydroxyl groups is 1. The minimum atomic E-state index is -1.69. The second kappa shape index (κ2) is 18.7. The van der Waals surface area contributed by atoms with E-state index in [2.05, 4.69) is 49.4 Å². The quantitative estimate of drug-likeness (QED) is 0.0873. The van der Waals surface area contributed by atoms with Crippen LogP contribution < -0.4 is 15.4 Å². The van der Waals surface area contributed by atoms with Crippen molar-refractivity contribution in [3.8, 4) is 17.6 Å². The molecule has 5 aromatic carbocycles. The number of morpholine rings is 1. The van der Waals surface area contributed by atoms with Gasteiger partial charge in [-0.25, -0.2) is 0 Å². The van der Waals surface area contributed by atoms with Crippen molar-refractivity contribution in [3.63, 3.8) is 0 Å². The number of carbonyl (C=O) groups excluding carboxylic acids is 3. The van der Waals surface area contributed by atoms with Crippen LogP contribution in [0.25, 0.3) is 0 Å². The number of esters is 1. The summed E-state index contributed by atoms with van der Waals surface area (Å²) in [6, 6.07) is 45.4. The van der Waals surface area contributed by atoms with Crippen molar-refractivity contribution >= 4 is 23.5 Å².